The quantitative estimate of drug-likeness (QED) is 0.745. The minimum Gasteiger partial charge on any atom is -0.345 e. The average Bonchev–Trinajstić information content (AvgIpc) is 2.95. The van der Waals surface area contributed by atoms with Crippen LogP contribution in [0.15, 0.2) is 48.8 Å². The Balaban J connectivity index is 1.82. The van der Waals surface area contributed by atoms with Crippen molar-refractivity contribution in [1.82, 2.24) is 9.97 Å². The molecule has 0 aliphatic carbocycles. The first-order chi connectivity index (χ1) is 9.76. The van der Waals surface area contributed by atoms with Crippen LogP contribution in [0.4, 0.5) is 5.69 Å². The van der Waals surface area contributed by atoms with E-state index in [0.717, 1.165) is 11.0 Å². The number of fused-ring (bicyclic) bond motifs is 1. The molecule has 96 valence electrons. The molecule has 0 spiro atoms. The number of amides is 1. The van der Waals surface area contributed by atoms with Gasteiger partial charge in [-0.2, -0.15) is 5.26 Å². The number of imidazole rings is 1. The highest BCUT2D eigenvalue weighted by Gasteiger charge is 2.07. The summed E-state index contributed by atoms with van der Waals surface area (Å²) in [7, 11) is 0. The normalized spacial score (nSPS) is 10.2. The molecule has 3 aromatic rings. The number of benzene rings is 2. The van der Waals surface area contributed by atoms with Crippen molar-refractivity contribution in [2.24, 2.45) is 0 Å². The Morgan fingerprint density at radius 1 is 1.20 bits per heavy atom. The molecule has 0 saturated heterocycles. The summed E-state index contributed by atoms with van der Waals surface area (Å²) < 4.78 is 0. The number of H-pyrrole nitrogens is 1. The second-order valence-electron chi connectivity index (χ2n) is 4.28. The number of anilines is 1. The minimum atomic E-state index is -0.203. The van der Waals surface area contributed by atoms with Crippen molar-refractivity contribution >= 4 is 22.6 Å². The van der Waals surface area contributed by atoms with Gasteiger partial charge in [-0.15, -0.1) is 0 Å². The lowest BCUT2D eigenvalue weighted by Crippen LogP contribution is -2.11. The van der Waals surface area contributed by atoms with Crippen LogP contribution in [0, 0.1) is 11.3 Å². The Kier molecular flexibility index (Phi) is 2.90. The molecule has 0 aliphatic heterocycles. The zero-order valence-corrected chi connectivity index (χ0v) is 10.4. The molecule has 0 fully saturated rings. The number of carbonyl (C=O) groups excluding carboxylic acids is 1. The smallest absolute Gasteiger partial charge is 0.255 e. The molecule has 3 rings (SSSR count). The van der Waals surface area contributed by atoms with E-state index >= 15 is 0 Å². The van der Waals surface area contributed by atoms with Gasteiger partial charge in [0.05, 0.1) is 29.0 Å². The number of hydrogen-bond donors (Lipinski definition) is 2. The first-order valence-electron chi connectivity index (χ1n) is 6.01. The summed E-state index contributed by atoms with van der Waals surface area (Å²) in [5.74, 6) is -0.203. The minimum absolute atomic E-state index is 0.203. The highest BCUT2D eigenvalue weighted by Crippen LogP contribution is 2.14. The van der Waals surface area contributed by atoms with E-state index in [9.17, 15) is 4.79 Å². The summed E-state index contributed by atoms with van der Waals surface area (Å²) in [4.78, 5) is 19.2. The first-order valence-corrected chi connectivity index (χ1v) is 6.01. The summed E-state index contributed by atoms with van der Waals surface area (Å²) in [5, 5.41) is 11.5. The molecule has 1 amide bonds. The van der Waals surface area contributed by atoms with Crippen molar-refractivity contribution in [2.75, 3.05) is 5.32 Å². The number of nitrogens with zero attached hydrogens (tertiary/aromatic N) is 2. The Hall–Kier alpha value is -3.13. The second-order valence-corrected chi connectivity index (χ2v) is 4.28. The second kappa shape index (κ2) is 4.86. The Morgan fingerprint density at radius 2 is 2.00 bits per heavy atom. The lowest BCUT2D eigenvalue weighted by Gasteiger charge is -2.05. The van der Waals surface area contributed by atoms with Gasteiger partial charge in [-0.05, 0) is 42.5 Å². The number of nitrogens with one attached hydrogen (secondary N) is 2. The predicted octanol–water partition coefficient (Wildman–Crippen LogP) is 2.69. The Bertz CT molecular complexity index is 812. The third-order valence-electron chi connectivity index (χ3n) is 2.95. The highest BCUT2D eigenvalue weighted by atomic mass is 16.1. The van der Waals surface area contributed by atoms with Gasteiger partial charge in [0.2, 0.25) is 0 Å². The summed E-state index contributed by atoms with van der Waals surface area (Å²) >= 11 is 0. The van der Waals surface area contributed by atoms with Crippen molar-refractivity contribution < 1.29 is 4.79 Å². The molecule has 0 aliphatic rings. The van der Waals surface area contributed by atoms with Crippen LogP contribution in [-0.2, 0) is 0 Å². The van der Waals surface area contributed by atoms with Crippen LogP contribution >= 0.6 is 0 Å². The van der Waals surface area contributed by atoms with Crippen molar-refractivity contribution in [3.63, 3.8) is 0 Å². The van der Waals surface area contributed by atoms with Gasteiger partial charge in [0.15, 0.2) is 0 Å². The maximum Gasteiger partial charge on any atom is 0.255 e. The fourth-order valence-electron chi connectivity index (χ4n) is 1.91. The average molecular weight is 262 g/mol. The van der Waals surface area contributed by atoms with Crippen molar-refractivity contribution in [1.29, 1.82) is 5.26 Å². The van der Waals surface area contributed by atoms with Gasteiger partial charge in [-0.25, -0.2) is 4.98 Å². The fourth-order valence-corrected chi connectivity index (χ4v) is 1.91. The van der Waals surface area contributed by atoms with Gasteiger partial charge in [0, 0.05) is 11.3 Å². The number of rotatable bonds is 2. The van der Waals surface area contributed by atoms with Crippen LogP contribution in [0.5, 0.6) is 0 Å². The molecule has 2 N–H and O–H groups in total. The van der Waals surface area contributed by atoms with E-state index in [0.29, 0.717) is 16.8 Å². The van der Waals surface area contributed by atoms with Gasteiger partial charge in [-0.3, -0.25) is 4.79 Å². The molecule has 5 heteroatoms. The van der Waals surface area contributed by atoms with E-state index < -0.39 is 0 Å². The number of hydrogen-bond acceptors (Lipinski definition) is 3. The van der Waals surface area contributed by atoms with E-state index in [1.807, 2.05) is 6.07 Å². The number of nitriles is 1. The van der Waals surface area contributed by atoms with Crippen LogP contribution in [0.3, 0.4) is 0 Å². The van der Waals surface area contributed by atoms with E-state index in [2.05, 4.69) is 15.3 Å². The van der Waals surface area contributed by atoms with Crippen LogP contribution in [0.2, 0.25) is 0 Å². The Morgan fingerprint density at radius 3 is 2.75 bits per heavy atom. The fraction of sp³-hybridized carbons (Fsp3) is 0. The van der Waals surface area contributed by atoms with Crippen LogP contribution in [0.1, 0.15) is 15.9 Å². The lowest BCUT2D eigenvalue weighted by molar-refractivity contribution is 0.102. The van der Waals surface area contributed by atoms with E-state index in [4.69, 9.17) is 5.26 Å². The molecule has 0 radical (unpaired) electrons. The molecular formula is C15H10N4O. The predicted molar refractivity (Wildman–Crippen MR) is 75.2 cm³/mol. The number of aromatic amines is 1. The molecule has 0 saturated carbocycles. The summed E-state index contributed by atoms with van der Waals surface area (Å²) in [5.41, 5.74) is 3.39. The zero-order chi connectivity index (χ0) is 13.9. The third-order valence-corrected chi connectivity index (χ3v) is 2.95. The maximum atomic E-state index is 12.1. The molecular weight excluding hydrogens is 252 g/mol. The van der Waals surface area contributed by atoms with E-state index in [1.165, 1.54) is 0 Å². The first kappa shape index (κ1) is 11.9. The van der Waals surface area contributed by atoms with Crippen molar-refractivity contribution in [2.45, 2.75) is 0 Å². The van der Waals surface area contributed by atoms with E-state index in [-0.39, 0.29) is 5.91 Å². The summed E-state index contributed by atoms with van der Waals surface area (Å²) in [6, 6.07) is 14.0. The van der Waals surface area contributed by atoms with Crippen molar-refractivity contribution in [3.05, 3.63) is 59.9 Å². The molecule has 0 bridgehead atoms. The van der Waals surface area contributed by atoms with Crippen LogP contribution in [0.25, 0.3) is 11.0 Å². The van der Waals surface area contributed by atoms with Gasteiger partial charge in [0.25, 0.3) is 5.91 Å². The van der Waals surface area contributed by atoms with Gasteiger partial charge >= 0.3 is 0 Å². The van der Waals surface area contributed by atoms with Crippen molar-refractivity contribution in [3.8, 4) is 6.07 Å². The number of carbonyl (C=O) groups is 1. The summed E-state index contributed by atoms with van der Waals surface area (Å²) in [6.07, 6.45) is 1.59. The lowest BCUT2D eigenvalue weighted by atomic mass is 10.1. The highest BCUT2D eigenvalue weighted by molar-refractivity contribution is 6.05. The third kappa shape index (κ3) is 2.22. The molecule has 2 aromatic carbocycles. The summed E-state index contributed by atoms with van der Waals surface area (Å²) in [6.45, 7) is 0. The molecule has 5 nitrogen and oxygen atoms in total. The molecule has 1 heterocycles. The SMILES string of the molecule is N#Cc1ccc(NC(=O)c2ccc3nc[nH]c3c2)cc1. The van der Waals surface area contributed by atoms with E-state index in [1.54, 1.807) is 48.8 Å². The molecule has 0 atom stereocenters. The standard InChI is InChI=1S/C15H10N4O/c16-8-10-1-4-12(5-2-10)19-15(20)11-3-6-13-14(7-11)18-9-17-13/h1-7,9H,(H,17,18)(H,19,20). The topological polar surface area (TPSA) is 81.6 Å². The Labute approximate surface area is 114 Å². The van der Waals surface area contributed by atoms with Crippen LogP contribution in [-0.4, -0.2) is 15.9 Å². The van der Waals surface area contributed by atoms with Gasteiger partial charge < -0.3 is 10.3 Å². The largest absolute Gasteiger partial charge is 0.345 e. The van der Waals surface area contributed by atoms with Gasteiger partial charge in [0.1, 0.15) is 0 Å². The monoisotopic (exact) mass is 262 g/mol. The molecule has 0 unspecified atom stereocenters. The van der Waals surface area contributed by atoms with Crippen LogP contribution < -0.4 is 5.32 Å². The maximum absolute atomic E-state index is 12.1. The number of aromatic nitrogens is 2. The van der Waals surface area contributed by atoms with Gasteiger partial charge in [-0.1, -0.05) is 0 Å². The zero-order valence-electron chi connectivity index (χ0n) is 10.4. The molecule has 1 aromatic heterocycles. The molecule has 20 heavy (non-hydrogen) atoms.